The molecule has 3 nitrogen and oxygen atoms in total. The molecule has 0 aliphatic carbocycles. The van der Waals surface area contributed by atoms with E-state index >= 15 is 0 Å². The van der Waals surface area contributed by atoms with Crippen molar-refractivity contribution in [3.05, 3.63) is 0 Å². The smallest absolute Gasteiger partial charge is 0.408 e. The minimum absolute atomic E-state index is 0.0263. The molecular weight excluding hydrogens is 130 g/mol. The number of terminal acetylenes is 1. The van der Waals surface area contributed by atoms with E-state index in [1.807, 2.05) is 13.8 Å². The standard InChI is InChI=1S/C7H11NO2/c1-4-5-10-7(9)8-6(2)3/h1,6H,5H2,2-3H3,(H,8,9). The normalized spacial score (nSPS) is 8.60. The second-order valence-corrected chi connectivity index (χ2v) is 2.08. The predicted octanol–water partition coefficient (Wildman–Crippen LogP) is 0.754. The van der Waals surface area contributed by atoms with Gasteiger partial charge in [-0.3, -0.25) is 0 Å². The van der Waals surface area contributed by atoms with Gasteiger partial charge in [0, 0.05) is 6.04 Å². The number of rotatable bonds is 2. The summed E-state index contributed by atoms with van der Waals surface area (Å²) >= 11 is 0. The van der Waals surface area contributed by atoms with E-state index in [9.17, 15) is 4.79 Å². The number of amides is 1. The molecule has 0 rings (SSSR count). The van der Waals surface area contributed by atoms with Crippen LogP contribution >= 0.6 is 0 Å². The number of alkyl carbamates (subject to hydrolysis) is 1. The average molecular weight is 141 g/mol. The number of carbonyl (C=O) groups is 1. The highest BCUT2D eigenvalue weighted by Crippen LogP contribution is 1.80. The minimum atomic E-state index is -0.465. The van der Waals surface area contributed by atoms with E-state index in [4.69, 9.17) is 6.42 Å². The third-order valence-electron chi connectivity index (χ3n) is 0.693. The van der Waals surface area contributed by atoms with Crippen molar-refractivity contribution < 1.29 is 9.53 Å². The molecule has 56 valence electrons. The number of carbonyl (C=O) groups excluding carboxylic acids is 1. The third-order valence-corrected chi connectivity index (χ3v) is 0.693. The van der Waals surface area contributed by atoms with Crippen LogP contribution in [0.1, 0.15) is 13.8 Å². The molecule has 0 radical (unpaired) electrons. The molecule has 0 saturated heterocycles. The molecule has 0 aromatic heterocycles. The van der Waals surface area contributed by atoms with Crippen molar-refractivity contribution in [2.75, 3.05) is 6.61 Å². The quantitative estimate of drug-likeness (QED) is 0.576. The Labute approximate surface area is 60.8 Å². The largest absolute Gasteiger partial charge is 0.436 e. The molecule has 0 spiro atoms. The summed E-state index contributed by atoms with van der Waals surface area (Å²) in [5.41, 5.74) is 0. The Morgan fingerprint density at radius 2 is 2.40 bits per heavy atom. The summed E-state index contributed by atoms with van der Waals surface area (Å²) in [7, 11) is 0. The summed E-state index contributed by atoms with van der Waals surface area (Å²) in [5.74, 6) is 2.19. The molecule has 0 aromatic rings. The maximum absolute atomic E-state index is 10.6. The third kappa shape index (κ3) is 4.98. The van der Waals surface area contributed by atoms with Gasteiger partial charge < -0.3 is 10.1 Å². The topological polar surface area (TPSA) is 38.3 Å². The average Bonchev–Trinajstić information content (AvgIpc) is 1.82. The van der Waals surface area contributed by atoms with Gasteiger partial charge in [-0.15, -0.1) is 6.42 Å². The van der Waals surface area contributed by atoms with Gasteiger partial charge in [-0.25, -0.2) is 4.79 Å². The lowest BCUT2D eigenvalue weighted by molar-refractivity contribution is 0.157. The summed E-state index contributed by atoms with van der Waals surface area (Å²) in [6.07, 6.45) is 4.39. The van der Waals surface area contributed by atoms with E-state index in [-0.39, 0.29) is 12.6 Å². The van der Waals surface area contributed by atoms with Gasteiger partial charge in [-0.2, -0.15) is 0 Å². The molecule has 0 unspecified atom stereocenters. The summed E-state index contributed by atoms with van der Waals surface area (Å²) in [5, 5.41) is 2.52. The van der Waals surface area contributed by atoms with Crippen molar-refractivity contribution in [3.63, 3.8) is 0 Å². The molecule has 0 aromatic carbocycles. The first-order chi connectivity index (χ1) is 4.66. The maximum atomic E-state index is 10.6. The molecule has 1 amide bonds. The highest BCUT2D eigenvalue weighted by atomic mass is 16.5. The van der Waals surface area contributed by atoms with Gasteiger partial charge in [0.05, 0.1) is 0 Å². The first kappa shape index (κ1) is 8.83. The lowest BCUT2D eigenvalue weighted by Crippen LogP contribution is -2.30. The van der Waals surface area contributed by atoms with Crippen LogP contribution in [0.5, 0.6) is 0 Å². The second-order valence-electron chi connectivity index (χ2n) is 2.08. The van der Waals surface area contributed by atoms with Crippen molar-refractivity contribution in [1.82, 2.24) is 5.32 Å². The molecule has 0 heterocycles. The Hall–Kier alpha value is -1.17. The van der Waals surface area contributed by atoms with Crippen LogP contribution in [-0.4, -0.2) is 18.7 Å². The van der Waals surface area contributed by atoms with Crippen LogP contribution in [0.15, 0.2) is 0 Å². The molecule has 0 aliphatic rings. The van der Waals surface area contributed by atoms with Crippen LogP contribution in [0, 0.1) is 12.3 Å². The fourth-order valence-electron chi connectivity index (χ4n) is 0.385. The van der Waals surface area contributed by atoms with Crippen LogP contribution in [0.4, 0.5) is 4.79 Å². The monoisotopic (exact) mass is 141 g/mol. The molecule has 3 heteroatoms. The van der Waals surface area contributed by atoms with Crippen molar-refractivity contribution in [3.8, 4) is 12.3 Å². The number of hydrogen-bond donors (Lipinski definition) is 1. The van der Waals surface area contributed by atoms with E-state index in [0.29, 0.717) is 0 Å². The maximum Gasteiger partial charge on any atom is 0.408 e. The Kier molecular flexibility index (Phi) is 4.14. The molecule has 1 N–H and O–H groups in total. The van der Waals surface area contributed by atoms with Gasteiger partial charge in [0.2, 0.25) is 0 Å². The van der Waals surface area contributed by atoms with Crippen LogP contribution in [0.25, 0.3) is 0 Å². The first-order valence-electron chi connectivity index (χ1n) is 3.03. The van der Waals surface area contributed by atoms with E-state index in [1.54, 1.807) is 0 Å². The van der Waals surface area contributed by atoms with Crippen molar-refractivity contribution in [2.45, 2.75) is 19.9 Å². The fourth-order valence-corrected chi connectivity index (χ4v) is 0.385. The van der Waals surface area contributed by atoms with Crippen LogP contribution < -0.4 is 5.32 Å². The minimum Gasteiger partial charge on any atom is -0.436 e. The molecule has 0 fully saturated rings. The zero-order valence-electron chi connectivity index (χ0n) is 6.18. The fraction of sp³-hybridized carbons (Fsp3) is 0.571. The molecular formula is C7H11NO2. The molecule has 0 saturated carbocycles. The van der Waals surface area contributed by atoms with E-state index < -0.39 is 6.09 Å². The van der Waals surface area contributed by atoms with Gasteiger partial charge in [-0.05, 0) is 13.8 Å². The summed E-state index contributed by atoms with van der Waals surface area (Å²) in [6, 6.07) is 0.0882. The van der Waals surface area contributed by atoms with Crippen LogP contribution in [0.2, 0.25) is 0 Å². The Morgan fingerprint density at radius 3 is 2.80 bits per heavy atom. The number of nitrogens with one attached hydrogen (secondary N) is 1. The highest BCUT2D eigenvalue weighted by molar-refractivity contribution is 5.67. The van der Waals surface area contributed by atoms with Crippen molar-refractivity contribution in [2.24, 2.45) is 0 Å². The Morgan fingerprint density at radius 1 is 1.80 bits per heavy atom. The summed E-state index contributed by atoms with van der Waals surface area (Å²) < 4.78 is 4.52. The van der Waals surface area contributed by atoms with E-state index in [2.05, 4.69) is 16.0 Å². The van der Waals surface area contributed by atoms with Crippen LogP contribution in [0.3, 0.4) is 0 Å². The molecule has 0 aliphatic heterocycles. The van der Waals surface area contributed by atoms with Gasteiger partial charge in [-0.1, -0.05) is 5.92 Å². The van der Waals surface area contributed by atoms with Crippen molar-refractivity contribution >= 4 is 6.09 Å². The lowest BCUT2D eigenvalue weighted by atomic mass is 10.4. The Balaban J connectivity index is 3.37. The number of hydrogen-bond acceptors (Lipinski definition) is 2. The Bertz CT molecular complexity index is 146. The van der Waals surface area contributed by atoms with Gasteiger partial charge in [0.25, 0.3) is 0 Å². The summed E-state index contributed by atoms with van der Waals surface area (Å²) in [6.45, 7) is 3.72. The van der Waals surface area contributed by atoms with Gasteiger partial charge in [0.1, 0.15) is 0 Å². The predicted molar refractivity (Wildman–Crippen MR) is 38.5 cm³/mol. The van der Waals surface area contributed by atoms with Gasteiger partial charge in [0.15, 0.2) is 6.61 Å². The van der Waals surface area contributed by atoms with Crippen molar-refractivity contribution in [1.29, 1.82) is 0 Å². The zero-order valence-corrected chi connectivity index (χ0v) is 6.18. The SMILES string of the molecule is C#CCOC(=O)NC(C)C. The van der Waals surface area contributed by atoms with E-state index in [1.165, 1.54) is 0 Å². The highest BCUT2D eigenvalue weighted by Gasteiger charge is 2.00. The molecule has 0 atom stereocenters. The molecule has 0 bridgehead atoms. The van der Waals surface area contributed by atoms with Gasteiger partial charge >= 0.3 is 6.09 Å². The van der Waals surface area contributed by atoms with E-state index in [0.717, 1.165) is 0 Å². The lowest BCUT2D eigenvalue weighted by Gasteiger charge is -2.06. The molecule has 10 heavy (non-hydrogen) atoms. The second kappa shape index (κ2) is 4.68. The first-order valence-corrected chi connectivity index (χ1v) is 3.03. The summed E-state index contributed by atoms with van der Waals surface area (Å²) in [4.78, 5) is 10.6. The number of ether oxygens (including phenoxy) is 1. The van der Waals surface area contributed by atoms with Crippen LogP contribution in [-0.2, 0) is 4.74 Å². The zero-order chi connectivity index (χ0) is 7.98.